The predicted molar refractivity (Wildman–Crippen MR) is 84.6 cm³/mol. The largest absolute Gasteiger partial charge is 0.373 e. The Balaban J connectivity index is 2.15. The SMILES string of the molecule is CNc1cc(N2CCN(C(C)C)CC2)nc(C(C)C)n1. The van der Waals surface area contributed by atoms with Crippen molar-refractivity contribution in [3.63, 3.8) is 0 Å². The minimum atomic E-state index is 0.346. The number of nitrogens with one attached hydrogen (secondary N) is 1. The molecule has 0 aliphatic carbocycles. The highest BCUT2D eigenvalue weighted by atomic mass is 15.3. The molecule has 112 valence electrons. The summed E-state index contributed by atoms with van der Waals surface area (Å²) in [6.45, 7) is 13.1. The van der Waals surface area contributed by atoms with Crippen molar-refractivity contribution in [2.45, 2.75) is 39.7 Å². The summed E-state index contributed by atoms with van der Waals surface area (Å²) in [5.74, 6) is 3.22. The standard InChI is InChI=1S/C15H27N5/c1-11(2)15-17-13(16-5)10-14(18-15)20-8-6-19(7-9-20)12(3)4/h10-12H,6-9H2,1-5H3,(H,16,17,18). The zero-order chi connectivity index (χ0) is 14.7. The lowest BCUT2D eigenvalue weighted by atomic mass is 10.2. The number of rotatable bonds is 4. The summed E-state index contributed by atoms with van der Waals surface area (Å²) in [5.41, 5.74) is 0. The molecule has 0 amide bonds. The molecule has 20 heavy (non-hydrogen) atoms. The van der Waals surface area contributed by atoms with Crippen LogP contribution in [0.25, 0.3) is 0 Å². The molecule has 0 saturated carbocycles. The molecule has 0 radical (unpaired) electrons. The Morgan fingerprint density at radius 3 is 2.20 bits per heavy atom. The molecule has 1 aliphatic heterocycles. The fourth-order valence-electron chi connectivity index (χ4n) is 2.47. The average molecular weight is 277 g/mol. The summed E-state index contributed by atoms with van der Waals surface area (Å²) in [6.07, 6.45) is 0. The number of nitrogens with zero attached hydrogens (tertiary/aromatic N) is 4. The second-order valence-corrected chi connectivity index (χ2v) is 5.99. The molecule has 5 heteroatoms. The van der Waals surface area contributed by atoms with E-state index in [4.69, 9.17) is 4.98 Å². The van der Waals surface area contributed by atoms with Gasteiger partial charge >= 0.3 is 0 Å². The number of aromatic nitrogens is 2. The number of hydrogen-bond acceptors (Lipinski definition) is 5. The van der Waals surface area contributed by atoms with E-state index in [1.165, 1.54) is 0 Å². The highest BCUT2D eigenvalue weighted by molar-refractivity contribution is 5.49. The fraction of sp³-hybridized carbons (Fsp3) is 0.733. The third kappa shape index (κ3) is 3.39. The molecule has 0 aromatic carbocycles. The zero-order valence-corrected chi connectivity index (χ0v) is 13.3. The van der Waals surface area contributed by atoms with Crippen molar-refractivity contribution >= 4 is 11.6 Å². The van der Waals surface area contributed by atoms with E-state index in [2.05, 4.69) is 53.9 Å². The second-order valence-electron chi connectivity index (χ2n) is 5.99. The van der Waals surface area contributed by atoms with Crippen LogP contribution in [0.5, 0.6) is 0 Å². The summed E-state index contributed by atoms with van der Waals surface area (Å²) in [7, 11) is 1.91. The summed E-state index contributed by atoms with van der Waals surface area (Å²) in [6, 6.07) is 2.68. The van der Waals surface area contributed by atoms with Gasteiger partial charge in [-0.05, 0) is 13.8 Å². The molecule has 1 saturated heterocycles. The number of piperazine rings is 1. The van der Waals surface area contributed by atoms with Crippen molar-refractivity contribution in [1.29, 1.82) is 0 Å². The number of hydrogen-bond donors (Lipinski definition) is 1. The second kappa shape index (κ2) is 6.39. The normalized spacial score (nSPS) is 17.1. The maximum absolute atomic E-state index is 4.73. The van der Waals surface area contributed by atoms with Gasteiger partial charge in [-0.3, -0.25) is 4.90 Å². The Bertz CT molecular complexity index is 436. The zero-order valence-electron chi connectivity index (χ0n) is 13.3. The van der Waals surface area contributed by atoms with E-state index >= 15 is 0 Å². The molecule has 0 atom stereocenters. The van der Waals surface area contributed by atoms with Crippen LogP contribution in [0.4, 0.5) is 11.6 Å². The minimum absolute atomic E-state index is 0.346. The third-order valence-electron chi connectivity index (χ3n) is 3.87. The van der Waals surface area contributed by atoms with Crippen LogP contribution in [0.2, 0.25) is 0 Å². The van der Waals surface area contributed by atoms with Gasteiger partial charge in [0.2, 0.25) is 0 Å². The molecule has 0 unspecified atom stereocenters. The summed E-state index contributed by atoms with van der Waals surface area (Å²) in [5, 5.41) is 3.14. The Labute approximate surface area is 122 Å². The maximum atomic E-state index is 4.73. The fourth-order valence-corrected chi connectivity index (χ4v) is 2.47. The molecule has 0 bridgehead atoms. The van der Waals surface area contributed by atoms with E-state index in [0.717, 1.165) is 43.6 Å². The van der Waals surface area contributed by atoms with Gasteiger partial charge in [-0.25, -0.2) is 9.97 Å². The van der Waals surface area contributed by atoms with Crippen molar-refractivity contribution < 1.29 is 0 Å². The summed E-state index contributed by atoms with van der Waals surface area (Å²) in [4.78, 5) is 14.1. The van der Waals surface area contributed by atoms with Gasteiger partial charge in [-0.1, -0.05) is 13.8 Å². The molecular formula is C15H27N5. The van der Waals surface area contributed by atoms with E-state index < -0.39 is 0 Å². The van der Waals surface area contributed by atoms with Crippen molar-refractivity contribution in [3.05, 3.63) is 11.9 Å². The third-order valence-corrected chi connectivity index (χ3v) is 3.87. The van der Waals surface area contributed by atoms with Crippen molar-refractivity contribution in [2.75, 3.05) is 43.4 Å². The molecule has 1 fully saturated rings. The molecular weight excluding hydrogens is 250 g/mol. The Kier molecular flexibility index (Phi) is 4.81. The lowest BCUT2D eigenvalue weighted by Gasteiger charge is -2.37. The smallest absolute Gasteiger partial charge is 0.135 e. The minimum Gasteiger partial charge on any atom is -0.373 e. The molecule has 5 nitrogen and oxygen atoms in total. The Morgan fingerprint density at radius 2 is 1.70 bits per heavy atom. The molecule has 1 aromatic rings. The first-order chi connectivity index (χ1) is 9.51. The first kappa shape index (κ1) is 15.0. The topological polar surface area (TPSA) is 44.3 Å². The van der Waals surface area contributed by atoms with E-state index in [0.29, 0.717) is 12.0 Å². The summed E-state index contributed by atoms with van der Waals surface area (Å²) < 4.78 is 0. The van der Waals surface area contributed by atoms with Crippen molar-refractivity contribution in [1.82, 2.24) is 14.9 Å². The first-order valence-corrected chi connectivity index (χ1v) is 7.57. The monoisotopic (exact) mass is 277 g/mol. The molecule has 1 N–H and O–H groups in total. The maximum Gasteiger partial charge on any atom is 0.135 e. The van der Waals surface area contributed by atoms with E-state index in [-0.39, 0.29) is 0 Å². The highest BCUT2D eigenvalue weighted by Crippen LogP contribution is 2.21. The van der Waals surface area contributed by atoms with Crippen LogP contribution in [0.1, 0.15) is 39.4 Å². The van der Waals surface area contributed by atoms with E-state index in [1.54, 1.807) is 0 Å². The predicted octanol–water partition coefficient (Wildman–Crippen LogP) is 2.17. The lowest BCUT2D eigenvalue weighted by molar-refractivity contribution is 0.209. The highest BCUT2D eigenvalue weighted by Gasteiger charge is 2.21. The van der Waals surface area contributed by atoms with Gasteiger partial charge in [0.05, 0.1) is 0 Å². The van der Waals surface area contributed by atoms with Crippen molar-refractivity contribution in [2.24, 2.45) is 0 Å². The van der Waals surface area contributed by atoms with E-state index in [1.807, 2.05) is 7.05 Å². The Morgan fingerprint density at radius 1 is 1.05 bits per heavy atom. The molecule has 2 rings (SSSR count). The van der Waals surface area contributed by atoms with Crippen LogP contribution in [0.3, 0.4) is 0 Å². The van der Waals surface area contributed by atoms with E-state index in [9.17, 15) is 0 Å². The molecule has 0 spiro atoms. The van der Waals surface area contributed by atoms with Gasteiger partial charge in [0, 0.05) is 51.3 Å². The molecule has 1 aliphatic rings. The average Bonchev–Trinajstić information content (AvgIpc) is 2.46. The first-order valence-electron chi connectivity index (χ1n) is 7.57. The summed E-state index contributed by atoms with van der Waals surface area (Å²) >= 11 is 0. The molecule has 2 heterocycles. The van der Waals surface area contributed by atoms with Gasteiger partial charge in [-0.2, -0.15) is 0 Å². The number of anilines is 2. The van der Waals surface area contributed by atoms with Gasteiger partial charge in [0.1, 0.15) is 17.5 Å². The van der Waals surface area contributed by atoms with Gasteiger partial charge in [0.15, 0.2) is 0 Å². The van der Waals surface area contributed by atoms with Gasteiger partial charge in [-0.15, -0.1) is 0 Å². The van der Waals surface area contributed by atoms with Crippen LogP contribution in [-0.2, 0) is 0 Å². The van der Waals surface area contributed by atoms with Crippen molar-refractivity contribution in [3.8, 4) is 0 Å². The van der Waals surface area contributed by atoms with Gasteiger partial charge < -0.3 is 10.2 Å². The molecule has 1 aromatic heterocycles. The van der Waals surface area contributed by atoms with Crippen LogP contribution >= 0.6 is 0 Å². The quantitative estimate of drug-likeness (QED) is 0.914. The van der Waals surface area contributed by atoms with Crippen LogP contribution in [0.15, 0.2) is 6.07 Å². The van der Waals surface area contributed by atoms with Crippen LogP contribution in [-0.4, -0.2) is 54.1 Å². The lowest BCUT2D eigenvalue weighted by Crippen LogP contribution is -2.49. The van der Waals surface area contributed by atoms with Crippen LogP contribution < -0.4 is 10.2 Å². The van der Waals surface area contributed by atoms with Crippen LogP contribution in [0, 0.1) is 0 Å². The Hall–Kier alpha value is -1.36. The van der Waals surface area contributed by atoms with Gasteiger partial charge in [0.25, 0.3) is 0 Å².